The lowest BCUT2D eigenvalue weighted by molar-refractivity contribution is 0.413. The quantitative estimate of drug-likeness (QED) is 0.810. The number of ether oxygens (including phenoxy) is 1. The highest BCUT2D eigenvalue weighted by molar-refractivity contribution is 5.91. The van der Waals surface area contributed by atoms with Crippen molar-refractivity contribution in [3.8, 4) is 5.75 Å². The first-order valence-corrected chi connectivity index (χ1v) is 8.04. The molecule has 0 fully saturated rings. The van der Waals surface area contributed by atoms with E-state index in [0.29, 0.717) is 0 Å². The van der Waals surface area contributed by atoms with Crippen LogP contribution in [0.5, 0.6) is 5.75 Å². The Morgan fingerprint density at radius 2 is 1.96 bits per heavy atom. The first kappa shape index (κ1) is 16.2. The highest BCUT2D eigenvalue weighted by atomic mass is 16.5. The van der Waals surface area contributed by atoms with Crippen molar-refractivity contribution in [3.05, 3.63) is 42.0 Å². The highest BCUT2D eigenvalue weighted by Gasteiger charge is 2.31. The number of nitrogens with zero attached hydrogens (tertiary/aromatic N) is 5. The number of likely N-dealkylation sites (N-methyl/N-ethyl adjacent to an activating group) is 1. The zero-order valence-corrected chi connectivity index (χ0v) is 14.8. The lowest BCUT2D eigenvalue weighted by Crippen LogP contribution is -2.44. The lowest BCUT2D eigenvalue weighted by atomic mass is 9.88. The topological polar surface area (TPSA) is 55.5 Å². The molecule has 0 N–H and O–H groups in total. The second-order valence-corrected chi connectivity index (χ2v) is 6.42. The maximum absolute atomic E-state index is 5.60. The summed E-state index contributed by atoms with van der Waals surface area (Å²) in [4.78, 5) is 2.39. The van der Waals surface area contributed by atoms with Gasteiger partial charge >= 0.3 is 0 Å². The molecule has 2 heterocycles. The number of hydrogen-bond acceptors (Lipinski definition) is 5. The minimum Gasteiger partial charge on any atom is -0.496 e. The van der Waals surface area contributed by atoms with Gasteiger partial charge in [-0.1, -0.05) is 6.08 Å². The van der Waals surface area contributed by atoms with Crippen LogP contribution < -0.4 is 9.64 Å². The zero-order chi connectivity index (χ0) is 17.3. The maximum Gasteiger partial charge on any atom is 0.141 e. The number of rotatable bonds is 4. The van der Waals surface area contributed by atoms with Crippen LogP contribution in [0.1, 0.15) is 38.8 Å². The summed E-state index contributed by atoms with van der Waals surface area (Å²) in [5.41, 5.74) is 4.58. The number of fused-ring (bicyclic) bond motifs is 1. The molecule has 1 aromatic heterocycles. The van der Waals surface area contributed by atoms with E-state index in [9.17, 15) is 0 Å². The zero-order valence-electron chi connectivity index (χ0n) is 14.8. The van der Waals surface area contributed by atoms with E-state index in [-0.39, 0.29) is 5.54 Å². The number of hydrogen-bond donors (Lipinski definition) is 0. The molecule has 0 amide bonds. The third kappa shape index (κ3) is 2.79. The minimum atomic E-state index is -0.0189. The summed E-state index contributed by atoms with van der Waals surface area (Å²) in [7, 11) is 1.69. The molecule has 0 saturated heterocycles. The number of methoxy groups -OCH3 is 1. The lowest BCUT2D eigenvalue weighted by Gasteiger charge is -2.43. The Kier molecular flexibility index (Phi) is 4.13. The molecule has 0 atom stereocenters. The molecular formula is C18H23N5O. The summed E-state index contributed by atoms with van der Waals surface area (Å²) >= 11 is 0. The summed E-state index contributed by atoms with van der Waals surface area (Å²) in [6.45, 7) is 9.73. The van der Waals surface area contributed by atoms with Crippen LogP contribution >= 0.6 is 0 Å². The van der Waals surface area contributed by atoms with E-state index in [0.717, 1.165) is 17.9 Å². The second-order valence-electron chi connectivity index (χ2n) is 6.42. The van der Waals surface area contributed by atoms with Gasteiger partial charge in [0.1, 0.15) is 18.4 Å². The van der Waals surface area contributed by atoms with Crippen molar-refractivity contribution in [1.29, 1.82) is 0 Å². The van der Waals surface area contributed by atoms with Crippen LogP contribution in [-0.4, -0.2) is 40.3 Å². The average molecular weight is 325 g/mol. The number of aromatic nitrogens is 3. The highest BCUT2D eigenvalue weighted by Crippen LogP contribution is 2.41. The van der Waals surface area contributed by atoms with Crippen molar-refractivity contribution < 1.29 is 4.74 Å². The molecule has 0 bridgehead atoms. The normalized spacial score (nSPS) is 16.2. The van der Waals surface area contributed by atoms with Gasteiger partial charge in [-0.25, -0.2) is 4.68 Å². The SMILES string of the molecule is CCN1c2cc(OC)c(/C=N\n3cnnc3)cc2C(C)=CC1(C)C. The Morgan fingerprint density at radius 3 is 2.58 bits per heavy atom. The van der Waals surface area contributed by atoms with Crippen LogP contribution in [-0.2, 0) is 0 Å². The van der Waals surface area contributed by atoms with E-state index in [1.165, 1.54) is 16.8 Å². The van der Waals surface area contributed by atoms with Gasteiger partial charge in [0.25, 0.3) is 0 Å². The minimum absolute atomic E-state index is 0.0189. The number of benzene rings is 1. The average Bonchev–Trinajstić information content (AvgIpc) is 3.05. The number of anilines is 1. The van der Waals surface area contributed by atoms with Crippen molar-refractivity contribution in [2.75, 3.05) is 18.6 Å². The van der Waals surface area contributed by atoms with Gasteiger partial charge in [-0.15, -0.1) is 10.2 Å². The van der Waals surface area contributed by atoms with Gasteiger partial charge in [-0.05, 0) is 39.3 Å². The third-order valence-electron chi connectivity index (χ3n) is 4.38. The van der Waals surface area contributed by atoms with Crippen LogP contribution in [0, 0.1) is 0 Å². The van der Waals surface area contributed by atoms with Crippen LogP contribution in [0.4, 0.5) is 5.69 Å². The molecule has 0 spiro atoms. The van der Waals surface area contributed by atoms with Gasteiger partial charge in [-0.3, -0.25) is 0 Å². The van der Waals surface area contributed by atoms with E-state index in [2.05, 4.69) is 66.1 Å². The van der Waals surface area contributed by atoms with E-state index in [4.69, 9.17) is 4.74 Å². The standard InChI is InChI=1S/C18H23N5O/c1-6-23-16-8-17(24-5)14(10-21-22-11-19-20-12-22)7-15(16)13(2)9-18(23,3)4/h7-12H,6H2,1-5H3/b21-10-. The first-order chi connectivity index (χ1) is 11.5. The molecular weight excluding hydrogens is 302 g/mol. The van der Waals surface area contributed by atoms with Gasteiger partial charge in [0.2, 0.25) is 0 Å². The van der Waals surface area contributed by atoms with Gasteiger partial charge in [0, 0.05) is 29.4 Å². The van der Waals surface area contributed by atoms with E-state index >= 15 is 0 Å². The van der Waals surface area contributed by atoms with Crippen LogP contribution in [0.25, 0.3) is 5.57 Å². The fourth-order valence-corrected chi connectivity index (χ4v) is 3.36. The van der Waals surface area contributed by atoms with Gasteiger partial charge in [0.05, 0.1) is 18.9 Å². The molecule has 126 valence electrons. The largest absolute Gasteiger partial charge is 0.496 e. The summed E-state index contributed by atoms with van der Waals surface area (Å²) in [5.74, 6) is 0.800. The molecule has 0 saturated carbocycles. The summed E-state index contributed by atoms with van der Waals surface area (Å²) in [5, 5.41) is 11.8. The van der Waals surface area contributed by atoms with Crippen LogP contribution in [0.2, 0.25) is 0 Å². The Labute approximate surface area is 142 Å². The van der Waals surface area contributed by atoms with Gasteiger partial charge in [-0.2, -0.15) is 5.10 Å². The van der Waals surface area contributed by atoms with Crippen molar-refractivity contribution >= 4 is 17.5 Å². The summed E-state index contributed by atoms with van der Waals surface area (Å²) in [6.07, 6.45) is 7.18. The van der Waals surface area contributed by atoms with Crippen molar-refractivity contribution in [1.82, 2.24) is 14.9 Å². The molecule has 1 aliphatic rings. The molecule has 0 aliphatic carbocycles. The summed E-state index contributed by atoms with van der Waals surface area (Å²) in [6, 6.07) is 4.23. The van der Waals surface area contributed by atoms with Gasteiger partial charge in [0.15, 0.2) is 0 Å². The monoisotopic (exact) mass is 325 g/mol. The Bertz CT molecular complexity index is 790. The van der Waals surface area contributed by atoms with Crippen LogP contribution in [0.3, 0.4) is 0 Å². The predicted octanol–water partition coefficient (Wildman–Crippen LogP) is 3.19. The Hall–Kier alpha value is -2.63. The maximum atomic E-state index is 5.60. The predicted molar refractivity (Wildman–Crippen MR) is 96.8 cm³/mol. The molecule has 1 aliphatic heterocycles. The molecule has 6 nitrogen and oxygen atoms in total. The molecule has 0 radical (unpaired) electrons. The third-order valence-corrected chi connectivity index (χ3v) is 4.38. The molecule has 6 heteroatoms. The van der Waals surface area contributed by atoms with Crippen molar-refractivity contribution in [3.63, 3.8) is 0 Å². The van der Waals surface area contributed by atoms with Gasteiger partial charge < -0.3 is 9.64 Å². The van der Waals surface area contributed by atoms with E-state index < -0.39 is 0 Å². The van der Waals surface area contributed by atoms with Crippen molar-refractivity contribution in [2.45, 2.75) is 33.2 Å². The fourth-order valence-electron chi connectivity index (χ4n) is 3.36. The van der Waals surface area contributed by atoms with E-state index in [1.54, 1.807) is 30.7 Å². The molecule has 0 unspecified atom stereocenters. The second kappa shape index (κ2) is 6.11. The Morgan fingerprint density at radius 1 is 1.25 bits per heavy atom. The van der Waals surface area contributed by atoms with Crippen LogP contribution in [0.15, 0.2) is 36.0 Å². The molecule has 3 rings (SSSR count). The number of allylic oxidation sites excluding steroid dienone is 1. The van der Waals surface area contributed by atoms with Crippen molar-refractivity contribution in [2.24, 2.45) is 5.10 Å². The smallest absolute Gasteiger partial charge is 0.141 e. The first-order valence-electron chi connectivity index (χ1n) is 8.04. The molecule has 2 aromatic rings. The molecule has 1 aromatic carbocycles. The molecule has 24 heavy (non-hydrogen) atoms. The summed E-state index contributed by atoms with van der Waals surface area (Å²) < 4.78 is 7.16. The fraction of sp³-hybridized carbons (Fsp3) is 0.389. The Balaban J connectivity index is 2.10. The van der Waals surface area contributed by atoms with E-state index in [1.807, 2.05) is 0 Å².